The van der Waals surface area contributed by atoms with E-state index in [4.69, 9.17) is 4.74 Å². The molecule has 1 aromatic rings. The molecule has 0 bridgehead atoms. The molecule has 2 heterocycles. The van der Waals surface area contributed by atoms with Crippen LogP contribution in [0, 0.1) is 6.92 Å². The number of carbonyl (C=O) groups is 2. The second-order valence-electron chi connectivity index (χ2n) is 7.14. The Hall–Kier alpha value is -2.08. The van der Waals surface area contributed by atoms with Crippen molar-refractivity contribution in [3.63, 3.8) is 0 Å². The van der Waals surface area contributed by atoms with Gasteiger partial charge in [-0.3, -0.25) is 14.5 Å². The normalized spacial score (nSPS) is 20.0. The zero-order chi connectivity index (χ0) is 18.5. The van der Waals surface area contributed by atoms with Crippen LogP contribution >= 0.6 is 0 Å². The molecule has 6 nitrogen and oxygen atoms in total. The monoisotopic (exact) mass is 359 g/mol. The van der Waals surface area contributed by atoms with Gasteiger partial charge in [0.25, 0.3) is 5.91 Å². The maximum absolute atomic E-state index is 12.2. The van der Waals surface area contributed by atoms with E-state index in [0.29, 0.717) is 25.4 Å². The zero-order valence-electron chi connectivity index (χ0n) is 15.8. The number of hydrogen-bond acceptors (Lipinski definition) is 4. The van der Waals surface area contributed by atoms with Crippen molar-refractivity contribution >= 4 is 17.5 Å². The lowest BCUT2D eigenvalue weighted by Crippen LogP contribution is -2.41. The highest BCUT2D eigenvalue weighted by atomic mass is 16.5. The average Bonchev–Trinajstić information content (AvgIpc) is 3.09. The first-order chi connectivity index (χ1) is 12.6. The molecule has 1 N–H and O–H groups in total. The molecule has 0 aliphatic carbocycles. The number of ether oxygens (including phenoxy) is 1. The summed E-state index contributed by atoms with van der Waals surface area (Å²) in [6, 6.07) is 6.31. The Morgan fingerprint density at radius 3 is 3.04 bits per heavy atom. The third-order valence-corrected chi connectivity index (χ3v) is 5.28. The largest absolute Gasteiger partial charge is 0.482 e. The number of amides is 2. The molecule has 3 rings (SSSR count). The number of nitrogens with one attached hydrogen (secondary N) is 1. The highest BCUT2D eigenvalue weighted by molar-refractivity contribution is 5.97. The first-order valence-corrected chi connectivity index (χ1v) is 9.63. The fourth-order valence-corrected chi connectivity index (χ4v) is 3.82. The molecule has 1 saturated heterocycles. The third kappa shape index (κ3) is 4.36. The smallest absolute Gasteiger partial charge is 0.265 e. The van der Waals surface area contributed by atoms with Crippen molar-refractivity contribution in [3.8, 4) is 5.75 Å². The highest BCUT2D eigenvalue weighted by Crippen LogP contribution is 2.32. The molecule has 1 unspecified atom stereocenters. The van der Waals surface area contributed by atoms with Gasteiger partial charge in [-0.25, -0.2) is 0 Å². The minimum atomic E-state index is -0.0481. The number of likely N-dealkylation sites (tertiary alicyclic amines) is 1. The Labute approximate surface area is 155 Å². The van der Waals surface area contributed by atoms with E-state index < -0.39 is 0 Å². The van der Waals surface area contributed by atoms with Crippen LogP contribution in [0.2, 0.25) is 0 Å². The van der Waals surface area contributed by atoms with E-state index >= 15 is 0 Å². The van der Waals surface area contributed by atoms with Gasteiger partial charge in [-0.05, 0) is 57.0 Å². The Morgan fingerprint density at radius 1 is 1.38 bits per heavy atom. The Balaban J connectivity index is 1.46. The lowest BCUT2D eigenvalue weighted by molar-refractivity contribution is -0.123. The van der Waals surface area contributed by atoms with Gasteiger partial charge >= 0.3 is 0 Å². The van der Waals surface area contributed by atoms with Crippen LogP contribution in [-0.2, 0) is 9.59 Å². The number of aryl methyl sites for hydroxylation is 1. The van der Waals surface area contributed by atoms with Crippen LogP contribution in [0.3, 0.4) is 0 Å². The minimum absolute atomic E-state index is 0.0481. The van der Waals surface area contributed by atoms with Gasteiger partial charge in [-0.2, -0.15) is 0 Å². The van der Waals surface area contributed by atoms with Crippen LogP contribution in [0.1, 0.15) is 38.2 Å². The molecule has 2 aliphatic heterocycles. The van der Waals surface area contributed by atoms with Gasteiger partial charge in [0.05, 0.1) is 5.69 Å². The van der Waals surface area contributed by atoms with Gasteiger partial charge in [0.1, 0.15) is 5.75 Å². The van der Waals surface area contributed by atoms with Gasteiger partial charge in [-0.1, -0.05) is 13.0 Å². The summed E-state index contributed by atoms with van der Waals surface area (Å²) in [7, 11) is 0. The van der Waals surface area contributed by atoms with E-state index in [1.807, 2.05) is 25.1 Å². The summed E-state index contributed by atoms with van der Waals surface area (Å²) < 4.78 is 5.49. The highest BCUT2D eigenvalue weighted by Gasteiger charge is 2.26. The van der Waals surface area contributed by atoms with Crippen LogP contribution in [0.25, 0.3) is 0 Å². The van der Waals surface area contributed by atoms with E-state index in [0.717, 1.165) is 43.1 Å². The van der Waals surface area contributed by atoms with Crippen molar-refractivity contribution < 1.29 is 14.3 Å². The summed E-state index contributed by atoms with van der Waals surface area (Å²) >= 11 is 0. The van der Waals surface area contributed by atoms with Crippen molar-refractivity contribution in [2.75, 3.05) is 37.7 Å². The molecule has 2 amide bonds. The molecule has 1 aromatic carbocycles. The van der Waals surface area contributed by atoms with E-state index in [-0.39, 0.29) is 18.4 Å². The van der Waals surface area contributed by atoms with Crippen LogP contribution in [0.4, 0.5) is 5.69 Å². The second kappa shape index (κ2) is 8.54. The number of benzene rings is 1. The predicted octanol–water partition coefficient (Wildman–Crippen LogP) is 2.10. The quantitative estimate of drug-likeness (QED) is 0.810. The van der Waals surface area contributed by atoms with Crippen LogP contribution in [0.15, 0.2) is 18.2 Å². The number of fused-ring (bicyclic) bond motifs is 1. The molecule has 142 valence electrons. The van der Waals surface area contributed by atoms with E-state index in [2.05, 4.69) is 17.1 Å². The van der Waals surface area contributed by atoms with E-state index in [9.17, 15) is 9.59 Å². The summed E-state index contributed by atoms with van der Waals surface area (Å²) in [5, 5.41) is 3.06. The Kier molecular flexibility index (Phi) is 6.14. The van der Waals surface area contributed by atoms with Crippen molar-refractivity contribution in [1.82, 2.24) is 10.2 Å². The Morgan fingerprint density at radius 2 is 2.23 bits per heavy atom. The van der Waals surface area contributed by atoms with Crippen LogP contribution in [0.5, 0.6) is 5.75 Å². The van der Waals surface area contributed by atoms with Gasteiger partial charge in [0, 0.05) is 25.6 Å². The van der Waals surface area contributed by atoms with Gasteiger partial charge in [0.15, 0.2) is 6.61 Å². The molecule has 1 fully saturated rings. The van der Waals surface area contributed by atoms with Gasteiger partial charge in [0.2, 0.25) is 5.91 Å². The maximum Gasteiger partial charge on any atom is 0.265 e. The molecular weight excluding hydrogens is 330 g/mol. The standard InChI is InChI=1S/C20H29N3O3/c1-3-22-10-4-6-16(22)13-21-19(24)7-5-11-23-17-12-15(2)8-9-18(17)26-14-20(23)25/h8-9,12,16H,3-7,10-11,13-14H2,1-2H3,(H,21,24). The first-order valence-electron chi connectivity index (χ1n) is 9.63. The lowest BCUT2D eigenvalue weighted by Gasteiger charge is -2.29. The second-order valence-corrected chi connectivity index (χ2v) is 7.14. The van der Waals surface area contributed by atoms with Gasteiger partial charge in [-0.15, -0.1) is 0 Å². The number of rotatable bonds is 7. The number of likely N-dealkylation sites (N-methyl/N-ethyl adjacent to an activating group) is 1. The lowest BCUT2D eigenvalue weighted by atomic mass is 10.1. The topological polar surface area (TPSA) is 61.9 Å². The fourth-order valence-electron chi connectivity index (χ4n) is 3.82. The average molecular weight is 359 g/mol. The van der Waals surface area contributed by atoms with Gasteiger partial charge < -0.3 is 15.0 Å². The van der Waals surface area contributed by atoms with Crippen molar-refractivity contribution in [2.24, 2.45) is 0 Å². The summed E-state index contributed by atoms with van der Waals surface area (Å²) in [5.41, 5.74) is 1.90. The Bertz CT molecular complexity index is 662. The molecule has 0 saturated carbocycles. The summed E-state index contributed by atoms with van der Waals surface area (Å²) in [6.45, 7) is 7.67. The van der Waals surface area contributed by atoms with E-state index in [1.165, 1.54) is 6.42 Å². The predicted molar refractivity (Wildman–Crippen MR) is 102 cm³/mol. The minimum Gasteiger partial charge on any atom is -0.482 e. The van der Waals surface area contributed by atoms with Crippen molar-refractivity contribution in [2.45, 2.75) is 45.6 Å². The SMILES string of the molecule is CCN1CCCC1CNC(=O)CCCN1C(=O)COc2ccc(C)cc21. The fraction of sp³-hybridized carbons (Fsp3) is 0.600. The molecule has 0 aromatic heterocycles. The number of anilines is 1. The zero-order valence-corrected chi connectivity index (χ0v) is 15.8. The number of carbonyl (C=O) groups excluding carboxylic acids is 2. The van der Waals surface area contributed by atoms with Crippen LogP contribution in [-0.4, -0.2) is 55.5 Å². The molecular formula is C20H29N3O3. The molecule has 0 radical (unpaired) electrons. The third-order valence-electron chi connectivity index (χ3n) is 5.28. The van der Waals surface area contributed by atoms with Crippen LogP contribution < -0.4 is 15.0 Å². The van der Waals surface area contributed by atoms with Crippen molar-refractivity contribution in [3.05, 3.63) is 23.8 Å². The molecule has 1 atom stereocenters. The maximum atomic E-state index is 12.2. The summed E-state index contributed by atoms with van der Waals surface area (Å²) in [4.78, 5) is 28.5. The van der Waals surface area contributed by atoms with E-state index in [1.54, 1.807) is 4.90 Å². The number of hydrogen-bond donors (Lipinski definition) is 1. The molecule has 2 aliphatic rings. The summed E-state index contributed by atoms with van der Waals surface area (Å²) in [5.74, 6) is 0.756. The summed E-state index contributed by atoms with van der Waals surface area (Å²) in [6.07, 6.45) is 3.45. The van der Waals surface area contributed by atoms with Crippen molar-refractivity contribution in [1.29, 1.82) is 0 Å². The molecule has 0 spiro atoms. The first kappa shape index (κ1) is 18.7. The molecule has 26 heavy (non-hydrogen) atoms. The number of nitrogens with zero attached hydrogens (tertiary/aromatic N) is 2. The molecule has 6 heteroatoms.